The molecule has 4 aromatic rings. The second kappa shape index (κ2) is 10.3. The van der Waals surface area contributed by atoms with E-state index in [-0.39, 0.29) is 0 Å². The standard InChI is InChI=1S/C28H30N2O3/c1-5-8-22-12-14-26(27(18-22)31-4)33-19-28-29-23-9-6-7-10-24(23)30(28)15-16-32-25-13-11-20(2)17-21(25)3/h5-14,17-18H,15-16,19H2,1-4H3/b8-5-. The van der Waals surface area contributed by atoms with E-state index in [4.69, 9.17) is 19.2 Å². The van der Waals surface area contributed by atoms with Crippen molar-refractivity contribution in [3.05, 3.63) is 89.3 Å². The van der Waals surface area contributed by atoms with Crippen LogP contribution in [0.15, 0.2) is 66.7 Å². The first-order valence-corrected chi connectivity index (χ1v) is 11.2. The Morgan fingerprint density at radius 1 is 0.909 bits per heavy atom. The molecule has 0 radical (unpaired) electrons. The van der Waals surface area contributed by atoms with Gasteiger partial charge in [-0.3, -0.25) is 0 Å². The number of imidazole rings is 1. The van der Waals surface area contributed by atoms with Crippen LogP contribution in [0.5, 0.6) is 17.2 Å². The number of hydrogen-bond donors (Lipinski definition) is 0. The highest BCUT2D eigenvalue weighted by Crippen LogP contribution is 2.30. The number of fused-ring (bicyclic) bond motifs is 1. The van der Waals surface area contributed by atoms with Crippen molar-refractivity contribution in [2.45, 2.75) is 33.9 Å². The summed E-state index contributed by atoms with van der Waals surface area (Å²) in [7, 11) is 1.65. The van der Waals surface area contributed by atoms with Crippen LogP contribution in [0, 0.1) is 13.8 Å². The number of rotatable bonds is 9. The van der Waals surface area contributed by atoms with Gasteiger partial charge >= 0.3 is 0 Å². The number of hydrogen-bond acceptors (Lipinski definition) is 4. The zero-order valence-electron chi connectivity index (χ0n) is 19.7. The van der Waals surface area contributed by atoms with Crippen molar-refractivity contribution in [1.82, 2.24) is 9.55 Å². The van der Waals surface area contributed by atoms with E-state index in [2.05, 4.69) is 36.6 Å². The summed E-state index contributed by atoms with van der Waals surface area (Å²) in [5.41, 5.74) is 5.45. The monoisotopic (exact) mass is 442 g/mol. The Bertz CT molecular complexity index is 1270. The van der Waals surface area contributed by atoms with Crippen LogP contribution < -0.4 is 14.2 Å². The summed E-state index contributed by atoms with van der Waals surface area (Å²) >= 11 is 0. The second-order valence-electron chi connectivity index (χ2n) is 7.98. The summed E-state index contributed by atoms with van der Waals surface area (Å²) in [6.45, 7) is 7.69. The van der Waals surface area contributed by atoms with Gasteiger partial charge in [0.25, 0.3) is 0 Å². The van der Waals surface area contributed by atoms with Crippen molar-refractivity contribution < 1.29 is 14.2 Å². The highest BCUT2D eigenvalue weighted by atomic mass is 16.5. The number of methoxy groups -OCH3 is 1. The Labute approximate surface area is 195 Å². The lowest BCUT2D eigenvalue weighted by molar-refractivity contribution is 0.261. The van der Waals surface area contributed by atoms with Gasteiger partial charge in [0.2, 0.25) is 0 Å². The molecule has 1 heterocycles. The van der Waals surface area contributed by atoms with Crippen molar-refractivity contribution in [2.24, 2.45) is 0 Å². The molecule has 0 aliphatic heterocycles. The minimum atomic E-state index is 0.331. The van der Waals surface area contributed by atoms with Crippen molar-refractivity contribution in [3.8, 4) is 17.2 Å². The molecule has 0 aliphatic rings. The lowest BCUT2D eigenvalue weighted by Gasteiger charge is -2.14. The number of nitrogens with zero attached hydrogens (tertiary/aromatic N) is 2. The zero-order chi connectivity index (χ0) is 23.2. The van der Waals surface area contributed by atoms with Crippen LogP contribution in [0.25, 0.3) is 17.1 Å². The first-order valence-electron chi connectivity index (χ1n) is 11.2. The third-order valence-corrected chi connectivity index (χ3v) is 5.54. The second-order valence-corrected chi connectivity index (χ2v) is 7.98. The minimum Gasteiger partial charge on any atom is -0.493 e. The smallest absolute Gasteiger partial charge is 0.161 e. The number of allylic oxidation sites excluding steroid dienone is 1. The molecule has 3 aromatic carbocycles. The van der Waals surface area contributed by atoms with Gasteiger partial charge in [0.05, 0.1) is 24.7 Å². The summed E-state index contributed by atoms with van der Waals surface area (Å²) in [4.78, 5) is 4.82. The Morgan fingerprint density at radius 3 is 2.52 bits per heavy atom. The van der Waals surface area contributed by atoms with Gasteiger partial charge < -0.3 is 18.8 Å². The van der Waals surface area contributed by atoms with Gasteiger partial charge in [-0.05, 0) is 62.2 Å². The predicted molar refractivity (Wildman–Crippen MR) is 133 cm³/mol. The largest absolute Gasteiger partial charge is 0.493 e. The highest BCUT2D eigenvalue weighted by Gasteiger charge is 2.13. The van der Waals surface area contributed by atoms with Crippen molar-refractivity contribution in [2.75, 3.05) is 13.7 Å². The SMILES string of the molecule is C/C=C\c1ccc(OCc2nc3ccccc3n2CCOc2ccc(C)cc2C)c(OC)c1. The maximum atomic E-state index is 6.14. The third-order valence-electron chi connectivity index (χ3n) is 5.54. The highest BCUT2D eigenvalue weighted by molar-refractivity contribution is 5.75. The van der Waals surface area contributed by atoms with Gasteiger partial charge in [-0.2, -0.15) is 0 Å². The quantitative estimate of drug-likeness (QED) is 0.303. The lowest BCUT2D eigenvalue weighted by Crippen LogP contribution is -2.13. The number of aryl methyl sites for hydroxylation is 2. The van der Waals surface area contributed by atoms with E-state index in [1.54, 1.807) is 7.11 Å². The third kappa shape index (κ3) is 5.20. The molecule has 0 fully saturated rings. The van der Waals surface area contributed by atoms with Gasteiger partial charge in [0, 0.05) is 0 Å². The zero-order valence-corrected chi connectivity index (χ0v) is 19.7. The fourth-order valence-corrected chi connectivity index (χ4v) is 3.94. The molecule has 0 saturated heterocycles. The van der Waals surface area contributed by atoms with Gasteiger partial charge in [0.1, 0.15) is 24.8 Å². The maximum Gasteiger partial charge on any atom is 0.161 e. The summed E-state index contributed by atoms with van der Waals surface area (Å²) in [5.74, 6) is 3.15. The van der Waals surface area contributed by atoms with E-state index in [0.717, 1.165) is 33.7 Å². The molecule has 0 amide bonds. The van der Waals surface area contributed by atoms with Gasteiger partial charge in [-0.25, -0.2) is 4.98 Å². The van der Waals surface area contributed by atoms with E-state index in [1.807, 2.05) is 61.5 Å². The van der Waals surface area contributed by atoms with Gasteiger partial charge in [-0.15, -0.1) is 0 Å². The molecule has 0 unspecified atom stereocenters. The van der Waals surface area contributed by atoms with Crippen LogP contribution in [0.1, 0.15) is 29.4 Å². The van der Waals surface area contributed by atoms with Crippen LogP contribution in [-0.4, -0.2) is 23.3 Å². The molecule has 0 saturated carbocycles. The number of para-hydroxylation sites is 2. The van der Waals surface area contributed by atoms with Crippen LogP contribution in [-0.2, 0) is 13.2 Å². The first-order chi connectivity index (χ1) is 16.1. The minimum absolute atomic E-state index is 0.331. The fourth-order valence-electron chi connectivity index (χ4n) is 3.94. The summed E-state index contributed by atoms with van der Waals surface area (Å²) in [6.07, 6.45) is 4.03. The van der Waals surface area contributed by atoms with Gasteiger partial charge in [-0.1, -0.05) is 48.0 Å². The van der Waals surface area contributed by atoms with E-state index in [1.165, 1.54) is 5.56 Å². The van der Waals surface area contributed by atoms with E-state index < -0.39 is 0 Å². The molecule has 5 heteroatoms. The average Bonchev–Trinajstić information content (AvgIpc) is 3.17. The van der Waals surface area contributed by atoms with Crippen LogP contribution in [0.2, 0.25) is 0 Å². The molecular formula is C28H30N2O3. The summed E-state index contributed by atoms with van der Waals surface area (Å²) in [5, 5.41) is 0. The van der Waals surface area contributed by atoms with Crippen molar-refractivity contribution in [1.29, 1.82) is 0 Å². The fraction of sp³-hybridized carbons (Fsp3) is 0.250. The number of benzene rings is 3. The Morgan fingerprint density at radius 2 is 1.73 bits per heavy atom. The van der Waals surface area contributed by atoms with Crippen molar-refractivity contribution in [3.63, 3.8) is 0 Å². The van der Waals surface area contributed by atoms with Crippen molar-refractivity contribution >= 4 is 17.1 Å². The maximum absolute atomic E-state index is 6.14. The van der Waals surface area contributed by atoms with E-state index in [0.29, 0.717) is 31.3 Å². The predicted octanol–water partition coefficient (Wildman–Crippen LogP) is 6.35. The molecular weight excluding hydrogens is 412 g/mol. The molecule has 0 N–H and O–H groups in total. The topological polar surface area (TPSA) is 45.5 Å². The van der Waals surface area contributed by atoms with E-state index >= 15 is 0 Å². The normalized spacial score (nSPS) is 11.3. The van der Waals surface area contributed by atoms with Crippen LogP contribution in [0.3, 0.4) is 0 Å². The average molecular weight is 443 g/mol. The first kappa shape index (κ1) is 22.5. The lowest BCUT2D eigenvalue weighted by atomic mass is 10.1. The number of aromatic nitrogens is 2. The molecule has 0 aliphatic carbocycles. The molecule has 4 rings (SSSR count). The molecule has 170 valence electrons. The Balaban J connectivity index is 1.52. The number of ether oxygens (including phenoxy) is 3. The van der Waals surface area contributed by atoms with Crippen LogP contribution >= 0.6 is 0 Å². The van der Waals surface area contributed by atoms with E-state index in [9.17, 15) is 0 Å². The van der Waals surface area contributed by atoms with Crippen LogP contribution in [0.4, 0.5) is 0 Å². The summed E-state index contributed by atoms with van der Waals surface area (Å²) < 4.78 is 19.9. The van der Waals surface area contributed by atoms with Gasteiger partial charge in [0.15, 0.2) is 11.5 Å². The molecule has 5 nitrogen and oxygen atoms in total. The Kier molecular flexibility index (Phi) is 6.98. The molecule has 0 atom stereocenters. The molecule has 0 bridgehead atoms. The molecule has 33 heavy (non-hydrogen) atoms. The molecule has 1 aromatic heterocycles. The Hall–Kier alpha value is -3.73. The molecule has 0 spiro atoms. The summed E-state index contributed by atoms with van der Waals surface area (Å²) in [6, 6.07) is 20.3.